The number of aromatic amines is 3. The summed E-state index contributed by atoms with van der Waals surface area (Å²) in [5.74, 6) is -0.466. The monoisotopic (exact) mass is 1050 g/mol. The summed E-state index contributed by atoms with van der Waals surface area (Å²) >= 11 is 15.1. The number of carboxylic acids is 1. The lowest BCUT2D eigenvalue weighted by Gasteiger charge is -2.09. The number of aromatic nitrogens is 8. The maximum absolute atomic E-state index is 13.6. The summed E-state index contributed by atoms with van der Waals surface area (Å²) in [6, 6.07) is 36.1. The van der Waals surface area contributed by atoms with Crippen molar-refractivity contribution in [1.29, 1.82) is 0 Å². The minimum absolute atomic E-state index is 0.166. The molecule has 8 aromatic heterocycles. The molecule has 0 saturated heterocycles. The Hall–Kier alpha value is -8.22. The van der Waals surface area contributed by atoms with Crippen LogP contribution >= 0.6 is 45.9 Å². The van der Waals surface area contributed by atoms with Crippen LogP contribution in [-0.2, 0) is 25.7 Å². The van der Waals surface area contributed by atoms with Gasteiger partial charge in [-0.05, 0) is 111 Å². The van der Waals surface area contributed by atoms with Crippen molar-refractivity contribution in [3.63, 3.8) is 0 Å². The molecule has 0 unspecified atom stereocenters. The highest BCUT2D eigenvalue weighted by molar-refractivity contribution is 7.16. The van der Waals surface area contributed by atoms with Crippen LogP contribution in [0.15, 0.2) is 168 Å². The Bertz CT molecular complexity index is 3610. The average Bonchev–Trinajstić information content (AvgIpc) is 4.27. The van der Waals surface area contributed by atoms with E-state index in [0.717, 1.165) is 50.0 Å². The number of H-pyrrole nitrogens is 3. The van der Waals surface area contributed by atoms with E-state index in [1.54, 1.807) is 103 Å². The highest BCUT2D eigenvalue weighted by atomic mass is 35.5. The third kappa shape index (κ3) is 13.0. The molecular weight excluding hydrogens is 1010 g/mol. The third-order valence-electron chi connectivity index (χ3n) is 11.2. The predicted molar refractivity (Wildman–Crippen MR) is 286 cm³/mol. The maximum atomic E-state index is 13.6. The summed E-state index contributed by atoms with van der Waals surface area (Å²) in [6.07, 6.45) is 13.1. The first-order valence-corrected chi connectivity index (χ1v) is 24.8. The minimum Gasteiger partial charge on any atom is -0.496 e. The number of hydrogen-bond acceptors (Lipinski definition) is 12. The van der Waals surface area contributed by atoms with Crippen molar-refractivity contribution < 1.29 is 24.2 Å². The van der Waals surface area contributed by atoms with Crippen LogP contribution in [0, 0.1) is 0 Å². The molecule has 2 aromatic carbocycles. The van der Waals surface area contributed by atoms with Crippen LogP contribution < -0.4 is 20.6 Å². The van der Waals surface area contributed by atoms with Gasteiger partial charge in [-0.15, -0.1) is 22.7 Å². The number of carboxylic acid groups (broad SMARTS) is 1. The Morgan fingerprint density at radius 1 is 0.616 bits per heavy atom. The Kier molecular flexibility index (Phi) is 17.0. The number of methoxy groups -OCH3 is 2. The summed E-state index contributed by atoms with van der Waals surface area (Å²) in [7, 11) is 2.97. The number of carbonyl (C=O) groups excluding carboxylic acids is 1. The summed E-state index contributed by atoms with van der Waals surface area (Å²) in [5.41, 5.74) is 7.19. The molecule has 15 nitrogen and oxygen atoms in total. The van der Waals surface area contributed by atoms with Crippen molar-refractivity contribution in [2.24, 2.45) is 0 Å². The second-order valence-electron chi connectivity index (χ2n) is 15.9. The zero-order valence-corrected chi connectivity index (χ0v) is 42.2. The van der Waals surface area contributed by atoms with Gasteiger partial charge in [-0.25, -0.2) is 9.48 Å². The molecule has 0 aliphatic rings. The van der Waals surface area contributed by atoms with Crippen LogP contribution in [-0.4, -0.2) is 71.1 Å². The van der Waals surface area contributed by atoms with E-state index in [2.05, 4.69) is 35.2 Å². The van der Waals surface area contributed by atoms with Crippen LogP contribution in [0.2, 0.25) is 8.67 Å². The number of nitrogens with zero attached hydrogens (tertiary/aromatic N) is 5. The number of ether oxygens (including phenoxy) is 2. The molecule has 368 valence electrons. The largest absolute Gasteiger partial charge is 0.496 e. The van der Waals surface area contributed by atoms with Gasteiger partial charge in [0.05, 0.1) is 51.0 Å². The molecule has 0 spiro atoms. The van der Waals surface area contributed by atoms with E-state index in [0.29, 0.717) is 62.4 Å². The molecule has 0 aliphatic carbocycles. The van der Waals surface area contributed by atoms with Gasteiger partial charge in [-0.2, -0.15) is 10.2 Å². The number of hydrogen-bond donors (Lipinski definition) is 4. The van der Waals surface area contributed by atoms with E-state index >= 15 is 0 Å². The lowest BCUT2D eigenvalue weighted by Crippen LogP contribution is -2.18. The highest BCUT2D eigenvalue weighted by Gasteiger charge is 2.22. The molecule has 0 atom stereocenters. The van der Waals surface area contributed by atoms with Gasteiger partial charge in [0.25, 0.3) is 17.0 Å². The van der Waals surface area contributed by atoms with Gasteiger partial charge in [0.1, 0.15) is 17.1 Å². The van der Waals surface area contributed by atoms with Crippen molar-refractivity contribution >= 4 is 57.8 Å². The Labute approximate surface area is 435 Å². The number of thiophene rings is 2. The number of pyridine rings is 4. The molecule has 10 rings (SSSR count). The van der Waals surface area contributed by atoms with Gasteiger partial charge >= 0.3 is 5.97 Å². The van der Waals surface area contributed by atoms with Crippen LogP contribution in [0.4, 0.5) is 0 Å². The Balaban J connectivity index is 0.000000167. The fourth-order valence-corrected chi connectivity index (χ4v) is 9.69. The summed E-state index contributed by atoms with van der Waals surface area (Å²) < 4.78 is 13.1. The minimum atomic E-state index is -0.970. The number of aryl methyl sites for hydroxylation is 4. The zero-order chi connectivity index (χ0) is 51.3. The van der Waals surface area contributed by atoms with Gasteiger partial charge in [0.2, 0.25) is 0 Å². The first-order valence-electron chi connectivity index (χ1n) is 22.4. The standard InChI is InChI=1S/C27H21ClN4O3S.C19H15ClN4OS.C8H8O3/c1-35-24-7-3-2-6-21(24)27(34)32-19(8-9-20-10-11-25(28)36-20)14-23(31-32)22-13-18(16-30-26(22)33)17-5-4-12-29-15-17;20-18-6-5-15(26-18)4-3-14-9-17(24-23-14)16-8-13(11-22-19(16)25)12-2-1-7-21-10-12;1-11-7-5-3-2-4-6(7)8(9)10/h2-7,10-16H,8-9H2,1H3,(H,30,33);1-2,5-11H,3-4H2,(H,22,25)(H,23,24);2-5H,1H3,(H,9,10). The van der Waals surface area contributed by atoms with Crippen molar-refractivity contribution in [3.8, 4) is 56.3 Å². The molecule has 10 aromatic rings. The molecule has 0 amide bonds. The first kappa shape index (κ1) is 51.1. The normalized spacial score (nSPS) is 10.7. The van der Waals surface area contributed by atoms with Crippen LogP contribution in [0.5, 0.6) is 11.5 Å². The van der Waals surface area contributed by atoms with Gasteiger partial charge in [-0.1, -0.05) is 59.6 Å². The number of aromatic carboxylic acids is 1. The van der Waals surface area contributed by atoms with Crippen molar-refractivity contribution in [2.75, 3.05) is 14.2 Å². The number of para-hydroxylation sites is 2. The zero-order valence-electron chi connectivity index (χ0n) is 39.0. The molecule has 4 N–H and O–H groups in total. The van der Waals surface area contributed by atoms with Crippen molar-refractivity contribution in [1.82, 2.24) is 39.9 Å². The molecule has 19 heteroatoms. The van der Waals surface area contributed by atoms with Gasteiger partial charge in [0, 0.05) is 80.6 Å². The number of benzene rings is 2. The van der Waals surface area contributed by atoms with E-state index in [9.17, 15) is 19.2 Å². The van der Waals surface area contributed by atoms with Gasteiger partial charge in [-0.3, -0.25) is 29.5 Å². The molecule has 0 fully saturated rings. The number of nitrogens with one attached hydrogen (secondary N) is 3. The highest BCUT2D eigenvalue weighted by Crippen LogP contribution is 2.28. The van der Waals surface area contributed by atoms with Gasteiger partial charge < -0.3 is 24.5 Å². The van der Waals surface area contributed by atoms with E-state index < -0.39 is 5.97 Å². The average molecular weight is 1050 g/mol. The van der Waals surface area contributed by atoms with E-state index in [4.69, 9.17) is 37.8 Å². The Morgan fingerprint density at radius 3 is 1.66 bits per heavy atom. The van der Waals surface area contributed by atoms with Crippen LogP contribution in [0.25, 0.3) is 44.8 Å². The van der Waals surface area contributed by atoms with E-state index in [1.165, 1.54) is 41.2 Å². The predicted octanol–water partition coefficient (Wildman–Crippen LogP) is 11.2. The second-order valence-corrected chi connectivity index (χ2v) is 19.5. The number of halogens is 2. The summed E-state index contributed by atoms with van der Waals surface area (Å²) in [5, 5.41) is 20.6. The first-order chi connectivity index (χ1) is 35.5. The van der Waals surface area contributed by atoms with Crippen molar-refractivity contribution in [2.45, 2.75) is 25.7 Å². The fourth-order valence-electron chi connectivity index (χ4n) is 7.52. The molecule has 8 heterocycles. The molecular formula is C54H44Cl2N8O7S2. The summed E-state index contributed by atoms with van der Waals surface area (Å²) in [6.45, 7) is 0. The fraction of sp³-hybridized carbons (Fsp3) is 0.111. The van der Waals surface area contributed by atoms with E-state index in [1.807, 2.05) is 60.7 Å². The lowest BCUT2D eigenvalue weighted by atomic mass is 10.1. The van der Waals surface area contributed by atoms with E-state index in [-0.39, 0.29) is 22.6 Å². The van der Waals surface area contributed by atoms with Gasteiger partial charge in [0.15, 0.2) is 0 Å². The Morgan fingerprint density at radius 2 is 1.15 bits per heavy atom. The van der Waals surface area contributed by atoms with Crippen LogP contribution in [0.3, 0.4) is 0 Å². The second kappa shape index (κ2) is 24.3. The smallest absolute Gasteiger partial charge is 0.339 e. The lowest BCUT2D eigenvalue weighted by molar-refractivity contribution is 0.0693. The molecule has 0 radical (unpaired) electrons. The summed E-state index contributed by atoms with van der Waals surface area (Å²) in [4.78, 5) is 65.3. The quantitative estimate of drug-likeness (QED) is 0.0805. The molecule has 73 heavy (non-hydrogen) atoms. The number of carbonyl (C=O) groups is 2. The molecule has 0 aliphatic heterocycles. The SMILES string of the molecule is COc1ccccc1C(=O)O.COc1ccccc1C(=O)n1nc(-c2cc(-c3cccnc3)c[nH]c2=O)cc1CCc1ccc(Cl)s1.O=c1[nH]cc(-c2cccnc2)cc1-c1cc(CCc2ccc(Cl)s2)[nH]n1. The maximum Gasteiger partial charge on any atom is 0.339 e. The van der Waals surface area contributed by atoms with Crippen LogP contribution in [0.1, 0.15) is 41.9 Å². The topological polar surface area (TPSA) is 211 Å². The van der Waals surface area contributed by atoms with Crippen molar-refractivity contribution in [3.05, 3.63) is 220 Å². The number of rotatable bonds is 14. The third-order valence-corrected chi connectivity index (χ3v) is 13.7. The molecule has 0 bridgehead atoms. The molecule has 0 saturated carbocycles.